The van der Waals surface area contributed by atoms with Gasteiger partial charge in [0.05, 0.1) is 11.8 Å². The summed E-state index contributed by atoms with van der Waals surface area (Å²) < 4.78 is 20.9. The third kappa shape index (κ3) is 4.59. The number of thiophene rings is 1. The van der Waals surface area contributed by atoms with E-state index in [0.717, 1.165) is 46.0 Å². The van der Waals surface area contributed by atoms with Crippen molar-refractivity contribution in [2.24, 2.45) is 0 Å². The van der Waals surface area contributed by atoms with Gasteiger partial charge in [0.2, 0.25) is 0 Å². The van der Waals surface area contributed by atoms with Crippen molar-refractivity contribution in [2.45, 2.75) is 39.2 Å². The number of benzene rings is 2. The van der Waals surface area contributed by atoms with Crippen molar-refractivity contribution in [2.75, 3.05) is 11.9 Å². The summed E-state index contributed by atoms with van der Waals surface area (Å²) in [5.41, 5.74) is 3.69. The molecule has 1 aliphatic carbocycles. The summed E-state index contributed by atoms with van der Waals surface area (Å²) in [6.45, 7) is 4.64. The van der Waals surface area contributed by atoms with Crippen LogP contribution in [0.3, 0.4) is 0 Å². The van der Waals surface area contributed by atoms with Crippen LogP contribution in [0.4, 0.5) is 10.2 Å². The summed E-state index contributed by atoms with van der Waals surface area (Å²) in [6.07, 6.45) is 4.19. The van der Waals surface area contributed by atoms with Crippen LogP contribution in [-0.2, 0) is 6.42 Å². The fourth-order valence-electron chi connectivity index (χ4n) is 4.05. The van der Waals surface area contributed by atoms with E-state index in [4.69, 9.17) is 4.74 Å². The summed E-state index contributed by atoms with van der Waals surface area (Å²) in [5.74, 6) is -0.200. The van der Waals surface area contributed by atoms with Gasteiger partial charge in [-0.25, -0.2) is 19.2 Å². The number of aryl methyl sites for hydroxylation is 2. The predicted octanol–water partition coefficient (Wildman–Crippen LogP) is 6.01. The molecular formula is C26H24FN3O3S. The monoisotopic (exact) mass is 477 g/mol. The van der Waals surface area contributed by atoms with Crippen LogP contribution in [0.1, 0.15) is 39.2 Å². The standard InChI is InChI=1S/C26H24FN3O3S/c1-14-9-17(27)11-21-19(15(2)34-25(14)21)7-8-28-24-12-22(29-13-30-24)16-3-6-20(26(31)32)23(10-16)33-18-4-5-18/h3,6,9-13,18H,4-5,7-8H2,1-2H3,(H,31,32)(H,28,29,30). The van der Waals surface area contributed by atoms with Crippen molar-refractivity contribution in [1.82, 2.24) is 9.97 Å². The molecule has 0 saturated heterocycles. The number of aromatic carboxylic acids is 1. The van der Waals surface area contributed by atoms with Crippen LogP contribution >= 0.6 is 11.3 Å². The van der Waals surface area contributed by atoms with Crippen LogP contribution < -0.4 is 10.1 Å². The van der Waals surface area contributed by atoms with Crippen LogP contribution in [0.5, 0.6) is 5.75 Å². The van der Waals surface area contributed by atoms with Crippen molar-refractivity contribution in [3.63, 3.8) is 0 Å². The average molecular weight is 478 g/mol. The molecule has 1 aliphatic rings. The molecule has 0 radical (unpaired) electrons. The molecule has 34 heavy (non-hydrogen) atoms. The number of nitrogens with one attached hydrogen (secondary N) is 1. The summed E-state index contributed by atoms with van der Waals surface area (Å²) in [7, 11) is 0. The maximum Gasteiger partial charge on any atom is 0.339 e. The van der Waals surface area contributed by atoms with Gasteiger partial charge < -0.3 is 15.2 Å². The van der Waals surface area contributed by atoms with E-state index >= 15 is 0 Å². The maximum absolute atomic E-state index is 14.0. The fraction of sp³-hybridized carbons (Fsp3) is 0.269. The van der Waals surface area contributed by atoms with Gasteiger partial charge in [0, 0.05) is 27.8 Å². The maximum atomic E-state index is 14.0. The molecule has 4 aromatic rings. The topological polar surface area (TPSA) is 84.3 Å². The minimum Gasteiger partial charge on any atom is -0.490 e. The minimum atomic E-state index is -1.02. The van der Waals surface area contributed by atoms with Crippen molar-refractivity contribution in [1.29, 1.82) is 0 Å². The molecule has 0 spiro atoms. The molecule has 0 amide bonds. The summed E-state index contributed by atoms with van der Waals surface area (Å²) >= 11 is 1.70. The first-order chi connectivity index (χ1) is 16.4. The lowest BCUT2D eigenvalue weighted by Gasteiger charge is -2.11. The number of carboxylic acid groups (broad SMARTS) is 1. The highest BCUT2D eigenvalue weighted by molar-refractivity contribution is 7.19. The molecule has 2 aromatic carbocycles. The Kier molecular flexibility index (Phi) is 5.91. The van der Waals surface area contributed by atoms with Gasteiger partial charge in [0.15, 0.2) is 0 Å². The zero-order chi connectivity index (χ0) is 23.8. The zero-order valence-corrected chi connectivity index (χ0v) is 19.7. The lowest BCUT2D eigenvalue weighted by molar-refractivity contribution is 0.0692. The Labute approximate surface area is 200 Å². The molecule has 0 atom stereocenters. The zero-order valence-electron chi connectivity index (χ0n) is 18.9. The van der Waals surface area contributed by atoms with Crippen LogP contribution in [0, 0.1) is 19.7 Å². The van der Waals surface area contributed by atoms with Crippen LogP contribution in [0.15, 0.2) is 42.7 Å². The number of halogens is 1. The van der Waals surface area contributed by atoms with Crippen molar-refractivity contribution < 1.29 is 19.0 Å². The van der Waals surface area contributed by atoms with Crippen molar-refractivity contribution >= 4 is 33.2 Å². The van der Waals surface area contributed by atoms with E-state index in [2.05, 4.69) is 22.2 Å². The molecule has 0 bridgehead atoms. The summed E-state index contributed by atoms with van der Waals surface area (Å²) in [5, 5.41) is 13.8. The molecule has 8 heteroatoms. The number of hydrogen-bond acceptors (Lipinski definition) is 6. The van der Waals surface area contributed by atoms with Gasteiger partial charge >= 0.3 is 5.97 Å². The van der Waals surface area contributed by atoms with Gasteiger partial charge in [-0.15, -0.1) is 11.3 Å². The molecule has 2 heterocycles. The second-order valence-electron chi connectivity index (χ2n) is 8.53. The third-order valence-electron chi connectivity index (χ3n) is 5.92. The molecule has 1 fully saturated rings. The average Bonchev–Trinajstić information content (AvgIpc) is 3.56. The second-order valence-corrected chi connectivity index (χ2v) is 9.76. The van der Waals surface area contributed by atoms with Crippen LogP contribution in [0.2, 0.25) is 0 Å². The van der Waals surface area contributed by atoms with Crippen molar-refractivity contribution in [3.05, 3.63) is 70.1 Å². The summed E-state index contributed by atoms with van der Waals surface area (Å²) in [4.78, 5) is 21.4. The fourth-order valence-corrected chi connectivity index (χ4v) is 5.21. The van der Waals surface area contributed by atoms with Crippen molar-refractivity contribution in [3.8, 4) is 17.0 Å². The first-order valence-corrected chi connectivity index (χ1v) is 12.0. The minimum absolute atomic E-state index is 0.0879. The highest BCUT2D eigenvalue weighted by Gasteiger charge is 2.26. The number of carboxylic acids is 1. The van der Waals surface area contributed by atoms with Gasteiger partial charge in [0.25, 0.3) is 0 Å². The molecule has 0 aliphatic heterocycles. The number of nitrogens with zero attached hydrogens (tertiary/aromatic N) is 2. The molecule has 0 unspecified atom stereocenters. The SMILES string of the molecule is Cc1sc2c(C)cc(F)cc2c1CCNc1cc(-c2ccc(C(=O)O)c(OC3CC3)c2)ncn1. The lowest BCUT2D eigenvalue weighted by Crippen LogP contribution is -2.07. The quantitative estimate of drug-likeness (QED) is 0.323. The number of rotatable bonds is 8. The first kappa shape index (κ1) is 22.3. The van der Waals surface area contributed by atoms with E-state index in [1.807, 2.05) is 13.0 Å². The molecule has 1 saturated carbocycles. The molecule has 6 nitrogen and oxygen atoms in total. The van der Waals surface area contributed by atoms with Gasteiger partial charge in [0.1, 0.15) is 29.3 Å². The highest BCUT2D eigenvalue weighted by Crippen LogP contribution is 2.35. The van der Waals surface area contributed by atoms with E-state index in [9.17, 15) is 14.3 Å². The number of carbonyl (C=O) groups is 1. The van der Waals surface area contributed by atoms with Gasteiger partial charge in [-0.3, -0.25) is 0 Å². The van der Waals surface area contributed by atoms with Gasteiger partial charge in [-0.2, -0.15) is 0 Å². The normalized spacial score (nSPS) is 13.3. The number of hydrogen-bond donors (Lipinski definition) is 2. The predicted molar refractivity (Wildman–Crippen MR) is 132 cm³/mol. The van der Waals surface area contributed by atoms with E-state index in [1.165, 1.54) is 11.2 Å². The third-order valence-corrected chi connectivity index (χ3v) is 7.22. The van der Waals surface area contributed by atoms with Gasteiger partial charge in [-0.1, -0.05) is 6.07 Å². The largest absolute Gasteiger partial charge is 0.490 e. The number of anilines is 1. The highest BCUT2D eigenvalue weighted by atomic mass is 32.1. The Hall–Kier alpha value is -3.52. The van der Waals surface area contributed by atoms with E-state index < -0.39 is 5.97 Å². The second kappa shape index (κ2) is 9.02. The number of fused-ring (bicyclic) bond motifs is 1. The van der Waals surface area contributed by atoms with Crippen LogP contribution in [-0.4, -0.2) is 33.7 Å². The van der Waals surface area contributed by atoms with E-state index in [0.29, 0.717) is 23.8 Å². The Bertz CT molecular complexity index is 1400. The molecule has 5 rings (SSSR count). The Morgan fingerprint density at radius 1 is 1.21 bits per heavy atom. The summed E-state index contributed by atoms with van der Waals surface area (Å²) in [6, 6.07) is 10.0. The smallest absolute Gasteiger partial charge is 0.339 e. The van der Waals surface area contributed by atoms with E-state index in [-0.39, 0.29) is 17.5 Å². The lowest BCUT2D eigenvalue weighted by atomic mass is 10.1. The molecule has 2 N–H and O–H groups in total. The Balaban J connectivity index is 1.33. The molecule has 174 valence electrons. The number of aromatic nitrogens is 2. The van der Waals surface area contributed by atoms with E-state index in [1.54, 1.807) is 41.7 Å². The van der Waals surface area contributed by atoms with Gasteiger partial charge in [-0.05, 0) is 73.9 Å². The Morgan fingerprint density at radius 2 is 2.03 bits per heavy atom. The molecule has 2 aromatic heterocycles. The molecular weight excluding hydrogens is 453 g/mol. The first-order valence-electron chi connectivity index (χ1n) is 11.2. The Morgan fingerprint density at radius 3 is 2.79 bits per heavy atom. The number of ether oxygens (including phenoxy) is 1. The van der Waals surface area contributed by atoms with Crippen LogP contribution in [0.25, 0.3) is 21.3 Å².